The fraction of sp³-hybridized carbons (Fsp3) is 0.739. The molecule has 0 unspecified atom stereocenters. The van der Waals surface area contributed by atoms with Crippen molar-refractivity contribution in [3.63, 3.8) is 0 Å². The fourth-order valence-corrected chi connectivity index (χ4v) is 5.37. The molecule has 0 bridgehead atoms. The van der Waals surface area contributed by atoms with Gasteiger partial charge in [-0.15, -0.1) is 0 Å². The highest BCUT2D eigenvalue weighted by Gasteiger charge is 2.31. The van der Waals surface area contributed by atoms with E-state index in [0.717, 1.165) is 42.2 Å². The molecule has 2 aliphatic carbocycles. The monoisotopic (exact) mass is 348 g/mol. The minimum Gasteiger partial charge on any atom is -0.207 e. The third-order valence-electron chi connectivity index (χ3n) is 6.95. The molecule has 0 spiro atoms. The smallest absolute Gasteiger partial charge is 0.129 e. The summed E-state index contributed by atoms with van der Waals surface area (Å²) < 4.78 is 27.1. The van der Waals surface area contributed by atoms with Crippen LogP contribution in [-0.4, -0.2) is 0 Å². The lowest BCUT2D eigenvalue weighted by atomic mass is 9.68. The van der Waals surface area contributed by atoms with Crippen molar-refractivity contribution in [1.82, 2.24) is 0 Å². The largest absolute Gasteiger partial charge is 0.207 e. The highest BCUT2D eigenvalue weighted by atomic mass is 19.1. The Balaban J connectivity index is 1.44. The number of unbranched alkanes of at least 4 members (excludes halogenated alkanes) is 2. The summed E-state index contributed by atoms with van der Waals surface area (Å²) >= 11 is 0. The van der Waals surface area contributed by atoms with Crippen molar-refractivity contribution in [2.45, 2.75) is 89.9 Å². The molecule has 0 amide bonds. The summed E-state index contributed by atoms with van der Waals surface area (Å²) in [5.74, 6) is 2.20. The SMILES string of the molecule is CCCCC[C@H]1CC[C@H]([C@H]2CC[C@H](c3ccc(F)cc3F)CC2)CC1. The van der Waals surface area contributed by atoms with E-state index < -0.39 is 5.82 Å². The second-order valence-electron chi connectivity index (χ2n) is 8.55. The van der Waals surface area contributed by atoms with Crippen molar-refractivity contribution >= 4 is 0 Å². The average Bonchev–Trinajstić information content (AvgIpc) is 2.63. The van der Waals surface area contributed by atoms with E-state index in [2.05, 4.69) is 6.92 Å². The van der Waals surface area contributed by atoms with Crippen LogP contribution in [0.25, 0.3) is 0 Å². The Morgan fingerprint density at radius 3 is 2.08 bits per heavy atom. The van der Waals surface area contributed by atoms with Crippen LogP contribution < -0.4 is 0 Å². The van der Waals surface area contributed by atoms with Gasteiger partial charge in [0.2, 0.25) is 0 Å². The van der Waals surface area contributed by atoms with Gasteiger partial charge in [-0.3, -0.25) is 0 Å². The molecule has 0 aromatic heterocycles. The lowest BCUT2D eigenvalue weighted by Gasteiger charge is -2.38. The zero-order chi connectivity index (χ0) is 17.6. The van der Waals surface area contributed by atoms with Gasteiger partial charge in [-0.2, -0.15) is 0 Å². The Kier molecular flexibility index (Phi) is 6.90. The van der Waals surface area contributed by atoms with Crippen molar-refractivity contribution in [2.24, 2.45) is 17.8 Å². The maximum Gasteiger partial charge on any atom is 0.129 e. The van der Waals surface area contributed by atoms with Gasteiger partial charge in [0, 0.05) is 6.07 Å². The minimum atomic E-state index is -0.467. The fourth-order valence-electron chi connectivity index (χ4n) is 5.37. The second-order valence-corrected chi connectivity index (χ2v) is 8.55. The molecular weight excluding hydrogens is 314 g/mol. The topological polar surface area (TPSA) is 0 Å². The number of hydrogen-bond acceptors (Lipinski definition) is 0. The van der Waals surface area contributed by atoms with Crippen LogP contribution in [0.1, 0.15) is 95.5 Å². The van der Waals surface area contributed by atoms with Crippen LogP contribution >= 0.6 is 0 Å². The Morgan fingerprint density at radius 1 is 0.840 bits per heavy atom. The van der Waals surface area contributed by atoms with Crippen molar-refractivity contribution in [3.8, 4) is 0 Å². The van der Waals surface area contributed by atoms with E-state index in [9.17, 15) is 8.78 Å². The summed E-state index contributed by atoms with van der Waals surface area (Å²) in [7, 11) is 0. The quantitative estimate of drug-likeness (QED) is 0.464. The molecule has 1 aromatic rings. The lowest BCUT2D eigenvalue weighted by molar-refractivity contribution is 0.155. The molecule has 0 aliphatic heterocycles. The van der Waals surface area contributed by atoms with E-state index in [1.54, 1.807) is 6.07 Å². The van der Waals surface area contributed by atoms with Gasteiger partial charge < -0.3 is 0 Å². The molecule has 0 heterocycles. The molecule has 0 saturated heterocycles. The molecule has 140 valence electrons. The molecule has 25 heavy (non-hydrogen) atoms. The van der Waals surface area contributed by atoms with Crippen LogP contribution in [0, 0.1) is 29.4 Å². The highest BCUT2D eigenvalue weighted by Crippen LogP contribution is 2.44. The zero-order valence-corrected chi connectivity index (χ0v) is 15.8. The van der Waals surface area contributed by atoms with Gasteiger partial charge in [-0.25, -0.2) is 8.78 Å². The van der Waals surface area contributed by atoms with Crippen LogP contribution in [0.4, 0.5) is 8.78 Å². The molecule has 0 nitrogen and oxygen atoms in total. The first-order valence-electron chi connectivity index (χ1n) is 10.6. The molecular formula is C23H34F2. The maximum absolute atomic E-state index is 14.0. The lowest BCUT2D eigenvalue weighted by Crippen LogP contribution is -2.25. The summed E-state index contributed by atoms with van der Waals surface area (Å²) in [6.07, 6.45) is 15.9. The van der Waals surface area contributed by atoms with Gasteiger partial charge in [0.15, 0.2) is 0 Å². The Hall–Kier alpha value is -0.920. The third-order valence-corrected chi connectivity index (χ3v) is 6.95. The molecule has 2 saturated carbocycles. The second kappa shape index (κ2) is 9.14. The van der Waals surface area contributed by atoms with Gasteiger partial charge >= 0.3 is 0 Å². The first-order chi connectivity index (χ1) is 12.2. The van der Waals surface area contributed by atoms with E-state index in [1.165, 1.54) is 70.3 Å². The maximum atomic E-state index is 14.0. The summed E-state index contributed by atoms with van der Waals surface area (Å²) in [6, 6.07) is 4.11. The molecule has 2 fully saturated rings. The van der Waals surface area contributed by atoms with Gasteiger partial charge in [0.25, 0.3) is 0 Å². The van der Waals surface area contributed by atoms with E-state index in [-0.39, 0.29) is 5.82 Å². The molecule has 0 atom stereocenters. The van der Waals surface area contributed by atoms with Crippen LogP contribution in [0.15, 0.2) is 18.2 Å². The summed E-state index contributed by atoms with van der Waals surface area (Å²) in [5.41, 5.74) is 0.736. The van der Waals surface area contributed by atoms with Gasteiger partial charge in [0.05, 0.1) is 0 Å². The zero-order valence-electron chi connectivity index (χ0n) is 15.8. The average molecular weight is 349 g/mol. The van der Waals surface area contributed by atoms with E-state index >= 15 is 0 Å². The molecule has 2 aliphatic rings. The predicted octanol–water partition coefficient (Wildman–Crippen LogP) is 7.63. The molecule has 2 heteroatoms. The highest BCUT2D eigenvalue weighted by molar-refractivity contribution is 5.23. The minimum absolute atomic E-state index is 0.294. The standard InChI is InChI=1S/C23H34F2/c1-2-3-4-5-17-6-8-18(9-7-17)19-10-12-20(13-11-19)22-15-14-21(24)16-23(22)25/h14-20H,2-13H2,1H3/t17-,18-,19-,20-. The van der Waals surface area contributed by atoms with Crippen LogP contribution in [0.5, 0.6) is 0 Å². The van der Waals surface area contributed by atoms with Gasteiger partial charge in [0.1, 0.15) is 11.6 Å². The van der Waals surface area contributed by atoms with Crippen LogP contribution in [0.3, 0.4) is 0 Å². The number of benzene rings is 1. The third kappa shape index (κ3) is 5.05. The van der Waals surface area contributed by atoms with E-state index in [1.807, 2.05) is 0 Å². The number of hydrogen-bond donors (Lipinski definition) is 0. The number of rotatable bonds is 6. The normalized spacial score (nSPS) is 30.4. The molecule has 1 aromatic carbocycles. The molecule has 0 N–H and O–H groups in total. The Labute approximate surface area is 152 Å². The van der Waals surface area contributed by atoms with Crippen LogP contribution in [-0.2, 0) is 0 Å². The first kappa shape index (κ1) is 18.9. The van der Waals surface area contributed by atoms with Crippen molar-refractivity contribution in [1.29, 1.82) is 0 Å². The Bertz CT molecular complexity index is 523. The van der Waals surface area contributed by atoms with Gasteiger partial charge in [-0.1, -0.05) is 51.5 Å². The first-order valence-corrected chi connectivity index (χ1v) is 10.6. The van der Waals surface area contributed by atoms with E-state index in [0.29, 0.717) is 5.92 Å². The van der Waals surface area contributed by atoms with E-state index in [4.69, 9.17) is 0 Å². The van der Waals surface area contributed by atoms with Crippen molar-refractivity contribution < 1.29 is 8.78 Å². The van der Waals surface area contributed by atoms with Gasteiger partial charge in [-0.05, 0) is 73.8 Å². The van der Waals surface area contributed by atoms with Crippen LogP contribution in [0.2, 0.25) is 0 Å². The summed E-state index contributed by atoms with van der Waals surface area (Å²) in [5, 5.41) is 0. The molecule has 0 radical (unpaired) electrons. The Morgan fingerprint density at radius 2 is 1.48 bits per heavy atom. The number of halogens is 2. The summed E-state index contributed by atoms with van der Waals surface area (Å²) in [4.78, 5) is 0. The van der Waals surface area contributed by atoms with Crippen molar-refractivity contribution in [2.75, 3.05) is 0 Å². The predicted molar refractivity (Wildman–Crippen MR) is 101 cm³/mol. The molecule has 3 rings (SSSR count). The summed E-state index contributed by atoms with van der Waals surface area (Å²) in [6.45, 7) is 2.28. The van der Waals surface area contributed by atoms with Crippen molar-refractivity contribution in [3.05, 3.63) is 35.4 Å².